The highest BCUT2D eigenvalue weighted by atomic mass is 19.1. The van der Waals surface area contributed by atoms with Crippen molar-refractivity contribution < 1.29 is 9.13 Å². The molecule has 1 nitrogen and oxygen atoms in total. The Labute approximate surface area is 139 Å². The van der Waals surface area contributed by atoms with E-state index in [4.69, 9.17) is 4.74 Å². The molecule has 0 radical (unpaired) electrons. The first-order valence-electron chi connectivity index (χ1n) is 8.26. The fraction of sp³-hybridized carbons (Fsp3) is 0.429. The number of hydrogen-bond acceptors (Lipinski definition) is 1. The van der Waals surface area contributed by atoms with Crippen molar-refractivity contribution in [3.05, 3.63) is 53.3 Å². The van der Waals surface area contributed by atoms with Crippen molar-refractivity contribution in [2.75, 3.05) is 7.11 Å². The van der Waals surface area contributed by atoms with Crippen LogP contribution in [0.3, 0.4) is 0 Å². The van der Waals surface area contributed by atoms with Crippen LogP contribution in [0.5, 0.6) is 5.75 Å². The summed E-state index contributed by atoms with van der Waals surface area (Å²) < 4.78 is 19.7. The molecular weight excluding hydrogens is 287 g/mol. The first kappa shape index (κ1) is 17.5. The Kier molecular flexibility index (Phi) is 5.13. The Morgan fingerprint density at radius 3 is 2.30 bits per heavy atom. The van der Waals surface area contributed by atoms with Gasteiger partial charge in [-0.3, -0.25) is 0 Å². The van der Waals surface area contributed by atoms with Gasteiger partial charge in [0.05, 0.1) is 7.11 Å². The predicted molar refractivity (Wildman–Crippen MR) is 95.8 cm³/mol. The largest absolute Gasteiger partial charge is 0.497 e. The van der Waals surface area contributed by atoms with Gasteiger partial charge >= 0.3 is 0 Å². The van der Waals surface area contributed by atoms with E-state index in [-0.39, 0.29) is 11.2 Å². The van der Waals surface area contributed by atoms with Gasteiger partial charge < -0.3 is 4.74 Å². The fourth-order valence-electron chi connectivity index (χ4n) is 2.80. The molecule has 23 heavy (non-hydrogen) atoms. The molecule has 2 aromatic rings. The van der Waals surface area contributed by atoms with Crippen molar-refractivity contribution in [2.45, 2.75) is 52.4 Å². The molecule has 0 fully saturated rings. The highest BCUT2D eigenvalue weighted by Crippen LogP contribution is 2.37. The van der Waals surface area contributed by atoms with Crippen molar-refractivity contribution in [1.82, 2.24) is 0 Å². The Morgan fingerprint density at radius 2 is 1.74 bits per heavy atom. The molecule has 0 heterocycles. The van der Waals surface area contributed by atoms with Crippen LogP contribution in [-0.4, -0.2) is 7.11 Å². The van der Waals surface area contributed by atoms with Gasteiger partial charge in [-0.2, -0.15) is 0 Å². The van der Waals surface area contributed by atoms with Crippen molar-refractivity contribution in [2.24, 2.45) is 0 Å². The molecule has 124 valence electrons. The van der Waals surface area contributed by atoms with Crippen LogP contribution in [-0.2, 0) is 5.41 Å². The van der Waals surface area contributed by atoms with Gasteiger partial charge in [-0.15, -0.1) is 0 Å². The Bertz CT molecular complexity index is 683. The van der Waals surface area contributed by atoms with Crippen molar-refractivity contribution >= 4 is 0 Å². The summed E-state index contributed by atoms with van der Waals surface area (Å²) in [5.41, 5.74) is 3.96. The third-order valence-electron chi connectivity index (χ3n) is 4.50. The molecule has 1 unspecified atom stereocenters. The van der Waals surface area contributed by atoms with Gasteiger partial charge in [-0.05, 0) is 52.6 Å². The smallest absolute Gasteiger partial charge is 0.131 e. The fourth-order valence-corrected chi connectivity index (χ4v) is 2.80. The highest BCUT2D eigenvalue weighted by molar-refractivity contribution is 5.71. The van der Waals surface area contributed by atoms with Gasteiger partial charge in [-0.25, -0.2) is 4.39 Å². The summed E-state index contributed by atoms with van der Waals surface area (Å²) in [4.78, 5) is 0. The van der Waals surface area contributed by atoms with E-state index in [1.54, 1.807) is 19.2 Å². The second-order valence-electron chi connectivity index (χ2n) is 7.21. The third-order valence-corrected chi connectivity index (χ3v) is 4.50. The Hall–Kier alpha value is -1.83. The second kappa shape index (κ2) is 6.74. The summed E-state index contributed by atoms with van der Waals surface area (Å²) in [6, 6.07) is 11.3. The van der Waals surface area contributed by atoms with Crippen molar-refractivity contribution in [1.29, 1.82) is 0 Å². The van der Waals surface area contributed by atoms with Gasteiger partial charge in [0, 0.05) is 5.56 Å². The molecule has 0 bridgehead atoms. The summed E-state index contributed by atoms with van der Waals surface area (Å²) in [5.74, 6) is 0.958. The molecule has 0 aliphatic rings. The molecule has 0 spiro atoms. The number of halogens is 1. The molecule has 0 saturated carbocycles. The van der Waals surface area contributed by atoms with Crippen LogP contribution >= 0.6 is 0 Å². The third kappa shape index (κ3) is 3.74. The van der Waals surface area contributed by atoms with Crippen LogP contribution in [0.2, 0.25) is 0 Å². The van der Waals surface area contributed by atoms with Gasteiger partial charge in [0.1, 0.15) is 11.6 Å². The SMILES string of the molecule is CCC(C)c1ccc(-c2cc(OC)ccc2F)c(C(C)(C)C)c1. The lowest BCUT2D eigenvalue weighted by Gasteiger charge is -2.25. The lowest BCUT2D eigenvalue weighted by molar-refractivity contribution is 0.414. The Morgan fingerprint density at radius 1 is 1.04 bits per heavy atom. The summed E-state index contributed by atoms with van der Waals surface area (Å²) >= 11 is 0. The number of rotatable bonds is 4. The molecule has 0 N–H and O–H groups in total. The molecule has 0 amide bonds. The molecule has 0 aliphatic heterocycles. The number of benzene rings is 2. The normalized spacial score (nSPS) is 13.0. The van der Waals surface area contributed by atoms with Crippen LogP contribution in [0.15, 0.2) is 36.4 Å². The average Bonchev–Trinajstić information content (AvgIpc) is 2.53. The lowest BCUT2D eigenvalue weighted by Crippen LogP contribution is -2.14. The first-order chi connectivity index (χ1) is 10.8. The van der Waals surface area contributed by atoms with Crippen molar-refractivity contribution in [3.8, 4) is 16.9 Å². The van der Waals surface area contributed by atoms with Crippen LogP contribution in [0.4, 0.5) is 4.39 Å². The molecular formula is C21H27FO. The van der Waals surface area contributed by atoms with Crippen LogP contribution < -0.4 is 4.74 Å². The van der Waals surface area contributed by atoms with E-state index in [2.05, 4.69) is 52.8 Å². The Balaban J connectivity index is 2.67. The van der Waals surface area contributed by atoms with Gasteiger partial charge in [0.2, 0.25) is 0 Å². The minimum atomic E-state index is -0.215. The molecule has 1 atom stereocenters. The van der Waals surface area contributed by atoms with E-state index in [0.717, 1.165) is 12.0 Å². The summed E-state index contributed by atoms with van der Waals surface area (Å²) in [5, 5.41) is 0. The zero-order chi connectivity index (χ0) is 17.2. The van der Waals surface area contributed by atoms with Gasteiger partial charge in [0.15, 0.2) is 0 Å². The zero-order valence-corrected chi connectivity index (χ0v) is 15.0. The van der Waals surface area contributed by atoms with Crippen LogP contribution in [0.25, 0.3) is 11.1 Å². The quantitative estimate of drug-likeness (QED) is 0.642. The number of methoxy groups -OCH3 is 1. The monoisotopic (exact) mass is 314 g/mol. The number of ether oxygens (including phenoxy) is 1. The average molecular weight is 314 g/mol. The molecule has 0 saturated heterocycles. The molecule has 2 aromatic carbocycles. The van der Waals surface area contributed by atoms with E-state index < -0.39 is 0 Å². The molecule has 2 heteroatoms. The van der Waals surface area contributed by atoms with E-state index >= 15 is 0 Å². The minimum Gasteiger partial charge on any atom is -0.497 e. The maximum Gasteiger partial charge on any atom is 0.131 e. The summed E-state index contributed by atoms with van der Waals surface area (Å²) in [6.45, 7) is 10.9. The second-order valence-corrected chi connectivity index (χ2v) is 7.21. The predicted octanol–water partition coefficient (Wildman–Crippen LogP) is 6.31. The zero-order valence-electron chi connectivity index (χ0n) is 15.0. The first-order valence-corrected chi connectivity index (χ1v) is 8.26. The van der Waals surface area contributed by atoms with E-state index in [1.165, 1.54) is 17.2 Å². The molecule has 2 rings (SSSR count). The topological polar surface area (TPSA) is 9.23 Å². The number of hydrogen-bond donors (Lipinski definition) is 0. The van der Waals surface area contributed by atoms with Crippen molar-refractivity contribution in [3.63, 3.8) is 0 Å². The highest BCUT2D eigenvalue weighted by Gasteiger charge is 2.22. The maximum atomic E-state index is 14.4. The van der Waals surface area contributed by atoms with Gasteiger partial charge in [0.25, 0.3) is 0 Å². The van der Waals surface area contributed by atoms with E-state index in [1.807, 2.05) is 0 Å². The standard InChI is InChI=1S/C21H27FO/c1-7-14(2)15-8-10-17(19(12-15)21(3,4)5)18-13-16(23-6)9-11-20(18)22/h8-14H,7H2,1-6H3. The summed E-state index contributed by atoms with van der Waals surface area (Å²) in [6.07, 6.45) is 1.09. The van der Waals surface area contributed by atoms with E-state index in [0.29, 0.717) is 17.2 Å². The van der Waals surface area contributed by atoms with Crippen LogP contribution in [0, 0.1) is 5.82 Å². The summed E-state index contributed by atoms with van der Waals surface area (Å²) in [7, 11) is 1.60. The lowest BCUT2D eigenvalue weighted by atomic mass is 9.79. The minimum absolute atomic E-state index is 0.0612. The maximum absolute atomic E-state index is 14.4. The molecule has 0 aliphatic carbocycles. The van der Waals surface area contributed by atoms with E-state index in [9.17, 15) is 4.39 Å². The molecule has 0 aromatic heterocycles. The van der Waals surface area contributed by atoms with Gasteiger partial charge in [-0.1, -0.05) is 52.8 Å². The van der Waals surface area contributed by atoms with Crippen LogP contribution in [0.1, 0.15) is 58.1 Å².